The van der Waals surface area contributed by atoms with E-state index in [1.807, 2.05) is 0 Å². The number of methoxy groups -OCH3 is 1. The maximum atomic E-state index is 12.3. The highest BCUT2D eigenvalue weighted by atomic mass is 35.5. The third-order valence-corrected chi connectivity index (χ3v) is 3.78. The Labute approximate surface area is 122 Å². The normalized spacial score (nSPS) is 16.2. The number of hydrogen-bond acceptors (Lipinski definition) is 3. The number of piperidine rings is 1. The van der Waals surface area contributed by atoms with Gasteiger partial charge in [0.1, 0.15) is 5.56 Å². The molecule has 0 spiro atoms. The molecule has 1 heterocycles. The Morgan fingerprint density at radius 1 is 1.32 bits per heavy atom. The van der Waals surface area contributed by atoms with Gasteiger partial charge in [-0.1, -0.05) is 23.2 Å². The second kappa shape index (κ2) is 6.46. The predicted octanol–water partition coefficient (Wildman–Crippen LogP) is 2.48. The Bertz CT molecular complexity index is 474. The minimum absolute atomic E-state index is 0.161. The first kappa shape index (κ1) is 14.4. The summed E-state index contributed by atoms with van der Waals surface area (Å²) < 4.78 is 5.18. The first-order valence-electron chi connectivity index (χ1n) is 6.17. The van der Waals surface area contributed by atoms with Gasteiger partial charge in [0, 0.05) is 6.04 Å². The number of carbonyl (C=O) groups excluding carboxylic acids is 1. The van der Waals surface area contributed by atoms with Crippen LogP contribution in [-0.4, -0.2) is 32.1 Å². The van der Waals surface area contributed by atoms with Gasteiger partial charge in [-0.15, -0.1) is 0 Å². The molecule has 0 atom stereocenters. The second-order valence-corrected chi connectivity index (χ2v) is 5.25. The largest absolute Gasteiger partial charge is 0.494 e. The van der Waals surface area contributed by atoms with Crippen molar-refractivity contribution in [2.45, 2.75) is 18.9 Å². The molecule has 0 radical (unpaired) electrons. The molecule has 1 aromatic rings. The summed E-state index contributed by atoms with van der Waals surface area (Å²) in [4.78, 5) is 12.3. The van der Waals surface area contributed by atoms with E-state index in [4.69, 9.17) is 27.9 Å². The zero-order chi connectivity index (χ0) is 13.8. The van der Waals surface area contributed by atoms with Crippen LogP contribution in [0.5, 0.6) is 5.75 Å². The Hall–Kier alpha value is -0.970. The van der Waals surface area contributed by atoms with Crippen molar-refractivity contribution in [1.29, 1.82) is 0 Å². The van der Waals surface area contributed by atoms with Crippen LogP contribution in [0.4, 0.5) is 0 Å². The molecule has 0 bridgehead atoms. The van der Waals surface area contributed by atoms with Gasteiger partial charge in [0.2, 0.25) is 0 Å². The topological polar surface area (TPSA) is 50.4 Å². The summed E-state index contributed by atoms with van der Waals surface area (Å²) >= 11 is 12.1. The Kier molecular flexibility index (Phi) is 4.91. The first-order chi connectivity index (χ1) is 9.13. The maximum Gasteiger partial charge on any atom is 0.256 e. The summed E-state index contributed by atoms with van der Waals surface area (Å²) in [5.41, 5.74) is 0.301. The molecule has 0 saturated carbocycles. The minimum atomic E-state index is -0.240. The number of nitrogens with one attached hydrogen (secondary N) is 2. The molecule has 4 nitrogen and oxygen atoms in total. The molecule has 1 aromatic carbocycles. The van der Waals surface area contributed by atoms with Crippen LogP contribution in [0.3, 0.4) is 0 Å². The van der Waals surface area contributed by atoms with E-state index in [2.05, 4.69) is 10.6 Å². The molecule has 1 saturated heterocycles. The second-order valence-electron chi connectivity index (χ2n) is 4.44. The van der Waals surface area contributed by atoms with Crippen LogP contribution in [0.25, 0.3) is 0 Å². The number of ether oxygens (including phenoxy) is 1. The highest BCUT2D eigenvalue weighted by molar-refractivity contribution is 6.37. The summed E-state index contributed by atoms with van der Waals surface area (Å²) in [7, 11) is 1.47. The van der Waals surface area contributed by atoms with Crippen molar-refractivity contribution in [3.63, 3.8) is 0 Å². The van der Waals surface area contributed by atoms with Crippen LogP contribution in [0, 0.1) is 0 Å². The van der Waals surface area contributed by atoms with Crippen LogP contribution in [0.1, 0.15) is 23.2 Å². The molecular weight excluding hydrogens is 287 g/mol. The lowest BCUT2D eigenvalue weighted by Gasteiger charge is -2.24. The molecule has 1 aliphatic rings. The number of hydrogen-bond donors (Lipinski definition) is 2. The Morgan fingerprint density at radius 3 is 2.58 bits per heavy atom. The number of carbonyl (C=O) groups is 1. The van der Waals surface area contributed by atoms with Crippen molar-refractivity contribution < 1.29 is 9.53 Å². The maximum absolute atomic E-state index is 12.3. The quantitative estimate of drug-likeness (QED) is 0.902. The fourth-order valence-electron chi connectivity index (χ4n) is 2.17. The third kappa shape index (κ3) is 3.32. The molecule has 19 heavy (non-hydrogen) atoms. The first-order valence-corrected chi connectivity index (χ1v) is 6.92. The van der Waals surface area contributed by atoms with Crippen molar-refractivity contribution in [3.05, 3.63) is 27.7 Å². The van der Waals surface area contributed by atoms with E-state index >= 15 is 0 Å². The van der Waals surface area contributed by atoms with E-state index in [0.29, 0.717) is 21.4 Å². The van der Waals surface area contributed by atoms with Gasteiger partial charge in [0.25, 0.3) is 5.91 Å². The van der Waals surface area contributed by atoms with Crippen molar-refractivity contribution >= 4 is 29.1 Å². The summed E-state index contributed by atoms with van der Waals surface area (Å²) in [6.45, 7) is 1.82. The fraction of sp³-hybridized carbons (Fsp3) is 0.462. The molecule has 1 aliphatic heterocycles. The van der Waals surface area contributed by atoms with Crippen LogP contribution in [0.2, 0.25) is 10.0 Å². The van der Waals surface area contributed by atoms with Crippen molar-refractivity contribution in [3.8, 4) is 5.75 Å². The van der Waals surface area contributed by atoms with Gasteiger partial charge < -0.3 is 15.4 Å². The van der Waals surface area contributed by atoms with Gasteiger partial charge in [-0.2, -0.15) is 0 Å². The van der Waals surface area contributed by atoms with E-state index in [1.54, 1.807) is 12.1 Å². The molecular formula is C13H16Cl2N2O2. The SMILES string of the molecule is COc1c(Cl)ccc(Cl)c1C(=O)NC1CCNCC1. The zero-order valence-corrected chi connectivity index (χ0v) is 12.1. The lowest BCUT2D eigenvalue weighted by atomic mass is 10.1. The van der Waals surface area contributed by atoms with Gasteiger partial charge in [0.05, 0.1) is 17.2 Å². The van der Waals surface area contributed by atoms with Crippen molar-refractivity contribution in [2.75, 3.05) is 20.2 Å². The van der Waals surface area contributed by atoms with Gasteiger partial charge in [0.15, 0.2) is 5.75 Å². The minimum Gasteiger partial charge on any atom is -0.494 e. The van der Waals surface area contributed by atoms with Gasteiger partial charge in [-0.3, -0.25) is 4.79 Å². The number of amides is 1. The number of rotatable bonds is 3. The Balaban J connectivity index is 2.20. The fourth-order valence-corrected chi connectivity index (χ4v) is 2.64. The van der Waals surface area contributed by atoms with Crippen LogP contribution in [0.15, 0.2) is 12.1 Å². The van der Waals surface area contributed by atoms with Gasteiger partial charge in [-0.05, 0) is 38.1 Å². The van der Waals surface area contributed by atoms with E-state index in [-0.39, 0.29) is 11.9 Å². The van der Waals surface area contributed by atoms with E-state index in [1.165, 1.54) is 7.11 Å². The third-order valence-electron chi connectivity index (χ3n) is 3.16. The molecule has 0 aliphatic carbocycles. The lowest BCUT2D eigenvalue weighted by Crippen LogP contribution is -2.42. The highest BCUT2D eigenvalue weighted by Gasteiger charge is 2.22. The summed E-state index contributed by atoms with van der Waals surface area (Å²) in [6.07, 6.45) is 1.82. The summed E-state index contributed by atoms with van der Waals surface area (Å²) in [5, 5.41) is 6.94. The molecule has 0 aromatic heterocycles. The smallest absolute Gasteiger partial charge is 0.256 e. The molecule has 104 valence electrons. The highest BCUT2D eigenvalue weighted by Crippen LogP contribution is 2.33. The molecule has 2 N–H and O–H groups in total. The average Bonchev–Trinajstić information content (AvgIpc) is 2.42. The van der Waals surface area contributed by atoms with E-state index in [0.717, 1.165) is 25.9 Å². The number of benzene rings is 1. The van der Waals surface area contributed by atoms with E-state index in [9.17, 15) is 4.79 Å². The van der Waals surface area contributed by atoms with Gasteiger partial charge >= 0.3 is 0 Å². The monoisotopic (exact) mass is 302 g/mol. The summed E-state index contributed by atoms with van der Waals surface area (Å²) in [6, 6.07) is 3.38. The Morgan fingerprint density at radius 2 is 1.95 bits per heavy atom. The summed E-state index contributed by atoms with van der Waals surface area (Å²) in [5.74, 6) is 0.0804. The molecule has 1 fully saturated rings. The van der Waals surface area contributed by atoms with E-state index < -0.39 is 0 Å². The van der Waals surface area contributed by atoms with Crippen LogP contribution in [-0.2, 0) is 0 Å². The number of halogens is 2. The zero-order valence-electron chi connectivity index (χ0n) is 10.6. The van der Waals surface area contributed by atoms with Crippen molar-refractivity contribution in [2.24, 2.45) is 0 Å². The predicted molar refractivity (Wildman–Crippen MR) is 76.4 cm³/mol. The molecule has 2 rings (SSSR count). The van der Waals surface area contributed by atoms with Crippen LogP contribution < -0.4 is 15.4 Å². The van der Waals surface area contributed by atoms with Crippen molar-refractivity contribution in [1.82, 2.24) is 10.6 Å². The lowest BCUT2D eigenvalue weighted by molar-refractivity contribution is 0.0926. The molecule has 6 heteroatoms. The molecule has 0 unspecified atom stereocenters. The van der Waals surface area contributed by atoms with Crippen LogP contribution >= 0.6 is 23.2 Å². The molecule has 1 amide bonds. The van der Waals surface area contributed by atoms with Gasteiger partial charge in [-0.25, -0.2) is 0 Å². The average molecular weight is 303 g/mol. The standard InChI is InChI=1S/C13H16Cl2N2O2/c1-19-12-10(15)3-2-9(14)11(12)13(18)17-8-4-6-16-7-5-8/h2-3,8,16H,4-7H2,1H3,(H,17,18).